The molecule has 0 bridgehead atoms. The van der Waals surface area contributed by atoms with E-state index in [0.717, 1.165) is 19.3 Å². The first-order chi connectivity index (χ1) is 22.1. The van der Waals surface area contributed by atoms with E-state index in [-0.39, 0.29) is 12.2 Å². The van der Waals surface area contributed by atoms with Gasteiger partial charge in [-0.25, -0.2) is 4.79 Å². The zero-order chi connectivity index (χ0) is 32.6. The lowest BCUT2D eigenvalue weighted by atomic mass is 10.0. The van der Waals surface area contributed by atoms with Gasteiger partial charge in [0.2, 0.25) is 0 Å². The Kier molecular flexibility index (Phi) is 27.5. The molecule has 1 aromatic rings. The number of ether oxygens (including phenoxy) is 2. The maximum absolute atomic E-state index is 11.9. The van der Waals surface area contributed by atoms with Crippen LogP contribution in [0.5, 0.6) is 11.5 Å². The van der Waals surface area contributed by atoms with E-state index in [2.05, 4.69) is 6.92 Å². The van der Waals surface area contributed by atoms with Crippen molar-refractivity contribution in [3.05, 3.63) is 29.8 Å². The molecule has 5 heteroatoms. The predicted octanol–water partition coefficient (Wildman–Crippen LogP) is 12.4. The van der Waals surface area contributed by atoms with Gasteiger partial charge in [-0.1, -0.05) is 180 Å². The molecule has 258 valence electrons. The summed E-state index contributed by atoms with van der Waals surface area (Å²) in [5, 5.41) is 9.63. The molecule has 0 aliphatic rings. The Labute approximate surface area is 276 Å². The van der Waals surface area contributed by atoms with Crippen molar-refractivity contribution in [2.75, 3.05) is 7.11 Å². The summed E-state index contributed by atoms with van der Waals surface area (Å²) in [7, 11) is 1.46. The van der Waals surface area contributed by atoms with Crippen molar-refractivity contribution in [1.29, 1.82) is 0 Å². The molecule has 0 amide bonds. The maximum atomic E-state index is 11.9. The summed E-state index contributed by atoms with van der Waals surface area (Å²) >= 11 is 0. The Hall–Kier alpha value is -2.30. The van der Waals surface area contributed by atoms with E-state index in [1.807, 2.05) is 0 Å². The van der Waals surface area contributed by atoms with Crippen LogP contribution in [0, 0.1) is 0 Å². The highest BCUT2D eigenvalue weighted by molar-refractivity contribution is 5.94. The SMILES string of the molecule is CCCCCCCCCCCCCCCCCCCCCCCCCCCCCC(=O)OC(=O)C=Cc1ccc(O)c(OC)c1. The Balaban J connectivity index is 1.78. The molecule has 1 N–H and O–H groups in total. The van der Waals surface area contributed by atoms with Gasteiger partial charge in [-0.2, -0.15) is 0 Å². The second kappa shape index (κ2) is 30.4. The highest BCUT2D eigenvalue weighted by Gasteiger charge is 2.08. The topological polar surface area (TPSA) is 72.8 Å². The van der Waals surface area contributed by atoms with Crippen LogP contribution in [0.2, 0.25) is 0 Å². The molecule has 0 heterocycles. The molecule has 1 aromatic carbocycles. The molecule has 0 unspecified atom stereocenters. The molecule has 0 saturated heterocycles. The van der Waals surface area contributed by atoms with E-state index in [1.165, 1.54) is 179 Å². The summed E-state index contributed by atoms with van der Waals surface area (Å²) < 4.78 is 9.91. The van der Waals surface area contributed by atoms with Crippen LogP contribution in [-0.2, 0) is 14.3 Å². The Morgan fingerprint density at radius 3 is 1.36 bits per heavy atom. The smallest absolute Gasteiger partial charge is 0.338 e. The fraction of sp³-hybridized carbons (Fsp3) is 0.750. The molecule has 0 fully saturated rings. The van der Waals surface area contributed by atoms with E-state index in [9.17, 15) is 14.7 Å². The number of unbranched alkanes of at least 4 members (excludes halogenated alkanes) is 26. The standard InChI is InChI=1S/C40H68O5/c1-3-4-5-6-7-8-9-10-11-12-13-14-15-16-17-18-19-20-21-22-23-24-25-26-27-28-29-30-39(42)45-40(43)34-32-36-31-33-37(41)38(35-36)44-2/h31-35,41H,3-30H2,1-2H3. The van der Waals surface area contributed by atoms with Gasteiger partial charge in [-0.15, -0.1) is 0 Å². The van der Waals surface area contributed by atoms with Gasteiger partial charge in [0, 0.05) is 12.5 Å². The average Bonchev–Trinajstić information content (AvgIpc) is 3.04. The van der Waals surface area contributed by atoms with Crippen molar-refractivity contribution in [1.82, 2.24) is 0 Å². The number of phenolic OH excluding ortho intramolecular Hbond substituents is 1. The molecular weight excluding hydrogens is 560 g/mol. The van der Waals surface area contributed by atoms with E-state index < -0.39 is 11.9 Å². The van der Waals surface area contributed by atoms with Crippen molar-refractivity contribution in [2.24, 2.45) is 0 Å². The first kappa shape index (κ1) is 40.7. The fourth-order valence-electron chi connectivity index (χ4n) is 5.92. The molecule has 0 aliphatic carbocycles. The van der Waals surface area contributed by atoms with Gasteiger partial charge in [0.15, 0.2) is 11.5 Å². The van der Waals surface area contributed by atoms with E-state index in [0.29, 0.717) is 11.3 Å². The fourth-order valence-corrected chi connectivity index (χ4v) is 5.92. The van der Waals surface area contributed by atoms with E-state index in [4.69, 9.17) is 9.47 Å². The third-order valence-corrected chi connectivity index (χ3v) is 8.81. The van der Waals surface area contributed by atoms with Crippen LogP contribution in [0.15, 0.2) is 24.3 Å². The third-order valence-electron chi connectivity index (χ3n) is 8.81. The van der Waals surface area contributed by atoms with Crippen molar-refractivity contribution in [3.63, 3.8) is 0 Å². The van der Waals surface area contributed by atoms with Crippen molar-refractivity contribution < 1.29 is 24.2 Å². The lowest BCUT2D eigenvalue weighted by Crippen LogP contribution is -2.09. The zero-order valence-corrected chi connectivity index (χ0v) is 29.3. The van der Waals surface area contributed by atoms with Gasteiger partial charge in [-0.3, -0.25) is 4.79 Å². The molecule has 0 aliphatic heterocycles. The molecule has 0 saturated carbocycles. The number of phenols is 1. The summed E-state index contributed by atoms with van der Waals surface area (Å²) in [5.74, 6) is -0.819. The van der Waals surface area contributed by atoms with Crippen LogP contribution in [0.25, 0.3) is 6.08 Å². The van der Waals surface area contributed by atoms with E-state index >= 15 is 0 Å². The molecule has 45 heavy (non-hydrogen) atoms. The average molecular weight is 629 g/mol. The number of hydrogen-bond acceptors (Lipinski definition) is 5. The normalized spacial score (nSPS) is 11.3. The monoisotopic (exact) mass is 629 g/mol. The summed E-state index contributed by atoms with van der Waals surface area (Å²) in [6.07, 6.45) is 39.7. The minimum absolute atomic E-state index is 0.0263. The van der Waals surface area contributed by atoms with Gasteiger partial charge in [-0.05, 0) is 30.2 Å². The van der Waals surface area contributed by atoms with Gasteiger partial charge in [0.25, 0.3) is 0 Å². The van der Waals surface area contributed by atoms with Crippen molar-refractivity contribution in [3.8, 4) is 11.5 Å². The Morgan fingerprint density at radius 2 is 0.978 bits per heavy atom. The summed E-state index contributed by atoms with van der Waals surface area (Å²) in [4.78, 5) is 23.8. The Bertz CT molecular complexity index is 877. The van der Waals surface area contributed by atoms with Gasteiger partial charge in [0.05, 0.1) is 7.11 Å². The molecule has 1 rings (SSSR count). The minimum atomic E-state index is -0.683. The van der Waals surface area contributed by atoms with Gasteiger partial charge in [0.1, 0.15) is 0 Å². The molecule has 0 spiro atoms. The molecular formula is C40H68O5. The number of methoxy groups -OCH3 is 1. The maximum Gasteiger partial charge on any atom is 0.338 e. The second-order valence-electron chi connectivity index (χ2n) is 13.0. The predicted molar refractivity (Wildman–Crippen MR) is 190 cm³/mol. The number of hydrogen-bond donors (Lipinski definition) is 1. The summed E-state index contributed by atoms with van der Waals surface area (Å²) in [6, 6.07) is 4.73. The first-order valence-electron chi connectivity index (χ1n) is 18.9. The lowest BCUT2D eigenvalue weighted by Gasteiger charge is -2.05. The number of carbonyl (C=O) groups is 2. The highest BCUT2D eigenvalue weighted by atomic mass is 16.6. The number of aromatic hydroxyl groups is 1. The largest absolute Gasteiger partial charge is 0.504 e. The molecule has 0 radical (unpaired) electrons. The van der Waals surface area contributed by atoms with Crippen molar-refractivity contribution >= 4 is 18.0 Å². The minimum Gasteiger partial charge on any atom is -0.504 e. The van der Waals surface area contributed by atoms with Gasteiger partial charge >= 0.3 is 11.9 Å². The second-order valence-corrected chi connectivity index (χ2v) is 13.0. The highest BCUT2D eigenvalue weighted by Crippen LogP contribution is 2.26. The third kappa shape index (κ3) is 25.6. The summed E-state index contributed by atoms with van der Waals surface area (Å²) in [6.45, 7) is 2.29. The number of benzene rings is 1. The quantitative estimate of drug-likeness (QED) is 0.0383. The zero-order valence-electron chi connectivity index (χ0n) is 29.3. The Morgan fingerprint density at radius 1 is 0.600 bits per heavy atom. The first-order valence-corrected chi connectivity index (χ1v) is 18.9. The lowest BCUT2D eigenvalue weighted by molar-refractivity contribution is -0.156. The number of carbonyl (C=O) groups excluding carboxylic acids is 2. The van der Waals surface area contributed by atoms with Crippen LogP contribution in [0.1, 0.15) is 192 Å². The van der Waals surface area contributed by atoms with Crippen molar-refractivity contribution in [2.45, 2.75) is 187 Å². The summed E-state index contributed by atoms with van der Waals surface area (Å²) in [5.41, 5.74) is 0.666. The van der Waals surface area contributed by atoms with Gasteiger partial charge < -0.3 is 14.6 Å². The van der Waals surface area contributed by atoms with Crippen LogP contribution in [0.4, 0.5) is 0 Å². The van der Waals surface area contributed by atoms with Crippen LogP contribution < -0.4 is 4.74 Å². The molecule has 5 nitrogen and oxygen atoms in total. The van der Waals surface area contributed by atoms with Crippen LogP contribution in [-0.4, -0.2) is 24.2 Å². The number of rotatable bonds is 31. The van der Waals surface area contributed by atoms with Crippen LogP contribution in [0.3, 0.4) is 0 Å². The number of esters is 2. The van der Waals surface area contributed by atoms with Crippen LogP contribution >= 0.6 is 0 Å². The molecule has 0 aromatic heterocycles. The van der Waals surface area contributed by atoms with E-state index in [1.54, 1.807) is 12.1 Å². The molecule has 0 atom stereocenters.